The molecule has 0 aliphatic rings. The van der Waals surface area contributed by atoms with Crippen LogP contribution >= 0.6 is 0 Å². The number of hydrogen-bond acceptors (Lipinski definition) is 1. The maximum atomic E-state index is 2.00. The summed E-state index contributed by atoms with van der Waals surface area (Å²) in [7, 11) is 6.00. The summed E-state index contributed by atoms with van der Waals surface area (Å²) in [5, 5.41) is 0. The van der Waals surface area contributed by atoms with E-state index in [1.54, 1.807) is 0 Å². The molecule has 1 aromatic heterocycles. The van der Waals surface area contributed by atoms with Crippen LogP contribution in [0.15, 0.2) is 30.1 Å². The van der Waals surface area contributed by atoms with E-state index >= 15 is 0 Å². The van der Waals surface area contributed by atoms with Gasteiger partial charge in [0, 0.05) is 0 Å². The SMILES string of the molecule is CN(C)C.b1ccccc1. The summed E-state index contributed by atoms with van der Waals surface area (Å²) >= 11 is 0. The number of nitrogens with zero attached hydrogens (tertiary/aromatic N) is 1. The van der Waals surface area contributed by atoms with Crippen molar-refractivity contribution in [1.29, 1.82) is 0 Å². The fourth-order valence-electron chi connectivity index (χ4n) is 0.385. The van der Waals surface area contributed by atoms with E-state index in [1.165, 1.54) is 0 Å². The van der Waals surface area contributed by atoms with Crippen molar-refractivity contribution in [1.82, 2.24) is 4.90 Å². The van der Waals surface area contributed by atoms with Gasteiger partial charge in [-0.2, -0.15) is 0 Å². The van der Waals surface area contributed by atoms with Crippen molar-refractivity contribution in [3.05, 3.63) is 30.1 Å². The van der Waals surface area contributed by atoms with E-state index in [-0.39, 0.29) is 0 Å². The molecule has 0 saturated heterocycles. The molecule has 0 aliphatic heterocycles. The average molecular weight is 135 g/mol. The zero-order chi connectivity index (χ0) is 7.82. The molecular weight excluding hydrogens is 121 g/mol. The summed E-state index contributed by atoms with van der Waals surface area (Å²) in [6.45, 7) is 2.00. The van der Waals surface area contributed by atoms with Gasteiger partial charge >= 0.3 is 37.0 Å². The molecular formula is C8H14BN. The van der Waals surface area contributed by atoms with Gasteiger partial charge in [0.2, 0.25) is 0 Å². The Balaban J connectivity index is 0.000000180. The van der Waals surface area contributed by atoms with Crippen molar-refractivity contribution in [2.75, 3.05) is 21.1 Å². The second kappa shape index (κ2) is 6.49. The third-order valence-electron chi connectivity index (χ3n) is 0.667. The van der Waals surface area contributed by atoms with Gasteiger partial charge in [-0.1, -0.05) is 0 Å². The van der Waals surface area contributed by atoms with E-state index in [1.807, 2.05) is 63.1 Å². The molecule has 54 valence electrons. The standard InChI is InChI=1S/C5H5B.C3H9N/c1-2-4-6-5-3-1;1-4(2)3/h1-5H;1-3H3. The Hall–Kier alpha value is -0.625. The predicted molar refractivity (Wildman–Crippen MR) is 47.4 cm³/mol. The quantitative estimate of drug-likeness (QED) is 0.516. The Labute approximate surface area is 63.9 Å². The van der Waals surface area contributed by atoms with Crippen molar-refractivity contribution in [2.45, 2.75) is 0 Å². The molecule has 0 atom stereocenters. The van der Waals surface area contributed by atoms with Crippen LogP contribution in [0.5, 0.6) is 0 Å². The van der Waals surface area contributed by atoms with Gasteiger partial charge in [0.1, 0.15) is 0 Å². The first-order chi connectivity index (χ1) is 4.73. The van der Waals surface area contributed by atoms with Gasteiger partial charge in [-0.3, -0.25) is 0 Å². The number of hydrogen-bond donors (Lipinski definition) is 0. The second-order valence-corrected chi connectivity index (χ2v) is 2.50. The molecule has 10 heavy (non-hydrogen) atoms. The fourth-order valence-corrected chi connectivity index (χ4v) is 0.385. The first-order valence-corrected chi connectivity index (χ1v) is 3.34. The molecule has 0 bridgehead atoms. The van der Waals surface area contributed by atoms with Crippen LogP contribution in [0.4, 0.5) is 0 Å². The summed E-state index contributed by atoms with van der Waals surface area (Å²) < 4.78 is 0. The van der Waals surface area contributed by atoms with E-state index in [4.69, 9.17) is 0 Å². The van der Waals surface area contributed by atoms with E-state index in [0.717, 1.165) is 0 Å². The van der Waals surface area contributed by atoms with Gasteiger partial charge in [-0.15, -0.1) is 0 Å². The summed E-state index contributed by atoms with van der Waals surface area (Å²) in [6.07, 6.45) is 0. The van der Waals surface area contributed by atoms with Gasteiger partial charge in [0.25, 0.3) is 0 Å². The van der Waals surface area contributed by atoms with Crippen LogP contribution < -0.4 is 0 Å². The van der Waals surface area contributed by atoms with Crippen LogP contribution in [0.25, 0.3) is 0 Å². The van der Waals surface area contributed by atoms with Crippen molar-refractivity contribution in [3.63, 3.8) is 0 Å². The zero-order valence-electron chi connectivity index (χ0n) is 6.91. The van der Waals surface area contributed by atoms with Gasteiger partial charge in [-0.05, 0) is 21.1 Å². The van der Waals surface area contributed by atoms with Crippen LogP contribution in [0.1, 0.15) is 0 Å². The predicted octanol–water partition coefficient (Wildman–Crippen LogP) is 1.20. The minimum atomic E-state index is 2.00. The summed E-state index contributed by atoms with van der Waals surface area (Å²) in [5.74, 6) is 4.00. The summed E-state index contributed by atoms with van der Waals surface area (Å²) in [5.41, 5.74) is 0. The van der Waals surface area contributed by atoms with E-state index in [0.29, 0.717) is 0 Å². The second-order valence-electron chi connectivity index (χ2n) is 2.50. The van der Waals surface area contributed by atoms with Gasteiger partial charge in [0.15, 0.2) is 0 Å². The molecule has 1 heterocycles. The van der Waals surface area contributed by atoms with Crippen molar-refractivity contribution in [2.24, 2.45) is 0 Å². The molecule has 1 nitrogen and oxygen atoms in total. The summed E-state index contributed by atoms with van der Waals surface area (Å²) in [6, 6.07) is 6.00. The third-order valence-corrected chi connectivity index (χ3v) is 0.667. The maximum absolute atomic E-state index is 2.00. The molecule has 0 aromatic carbocycles. The van der Waals surface area contributed by atoms with Crippen molar-refractivity contribution in [3.8, 4) is 0 Å². The van der Waals surface area contributed by atoms with Crippen LogP contribution in [-0.2, 0) is 0 Å². The normalized spacial score (nSPS) is 8.00. The topological polar surface area (TPSA) is 3.24 Å². The van der Waals surface area contributed by atoms with Gasteiger partial charge < -0.3 is 4.90 Å². The Morgan fingerprint density at radius 3 is 1.40 bits per heavy atom. The Bertz CT molecular complexity index is 110. The molecule has 0 aliphatic carbocycles. The Kier molecular flexibility index (Phi) is 6.09. The molecule has 0 radical (unpaired) electrons. The molecule has 0 saturated carbocycles. The van der Waals surface area contributed by atoms with E-state index < -0.39 is 0 Å². The van der Waals surface area contributed by atoms with Gasteiger partial charge in [0.05, 0.1) is 0 Å². The summed E-state index contributed by atoms with van der Waals surface area (Å²) in [4.78, 5) is 2.00. The van der Waals surface area contributed by atoms with Crippen LogP contribution in [0.3, 0.4) is 0 Å². The molecule has 0 spiro atoms. The molecule has 0 unspecified atom stereocenters. The first-order valence-electron chi connectivity index (χ1n) is 3.34. The molecule has 0 amide bonds. The molecule has 1 rings (SSSR count). The van der Waals surface area contributed by atoms with Crippen LogP contribution in [0.2, 0.25) is 0 Å². The van der Waals surface area contributed by atoms with Crippen molar-refractivity contribution >= 4 is 6.91 Å². The van der Waals surface area contributed by atoms with E-state index in [9.17, 15) is 0 Å². The van der Waals surface area contributed by atoms with Crippen molar-refractivity contribution < 1.29 is 0 Å². The fraction of sp³-hybridized carbons (Fsp3) is 0.375. The zero-order valence-corrected chi connectivity index (χ0v) is 6.91. The Morgan fingerprint density at radius 2 is 1.30 bits per heavy atom. The average Bonchev–Trinajstić information content (AvgIpc) is 1.90. The molecule has 2 heteroatoms. The van der Waals surface area contributed by atoms with Crippen LogP contribution in [0, 0.1) is 0 Å². The molecule has 0 fully saturated rings. The van der Waals surface area contributed by atoms with Gasteiger partial charge in [-0.25, -0.2) is 0 Å². The third kappa shape index (κ3) is 10.4. The minimum absolute atomic E-state index is 2.00. The monoisotopic (exact) mass is 135 g/mol. The first kappa shape index (κ1) is 9.37. The van der Waals surface area contributed by atoms with E-state index in [2.05, 4.69) is 0 Å². The molecule has 1 aromatic rings. The van der Waals surface area contributed by atoms with Crippen LogP contribution in [-0.4, -0.2) is 33.0 Å². The number of rotatable bonds is 0. The molecule has 0 N–H and O–H groups in total. The Morgan fingerprint density at radius 1 is 0.900 bits per heavy atom.